The highest BCUT2D eigenvalue weighted by molar-refractivity contribution is 5.78. The van der Waals surface area contributed by atoms with Crippen LogP contribution in [0, 0.1) is 17.2 Å². The molecule has 1 amide bonds. The number of carbonyl (C=O) groups excluding carboxylic acids is 1. The SMILES string of the molecule is N#Cc1cccnc1NC[C@H]1CCN(CC(=O)N2CCOCC2)C1. The minimum Gasteiger partial charge on any atom is -0.378 e. The largest absolute Gasteiger partial charge is 0.378 e. The molecule has 0 spiro atoms. The lowest BCUT2D eigenvalue weighted by atomic mass is 10.1. The number of carbonyl (C=O) groups is 1. The predicted molar refractivity (Wildman–Crippen MR) is 89.4 cm³/mol. The van der Waals surface area contributed by atoms with Crippen LogP contribution in [0.3, 0.4) is 0 Å². The summed E-state index contributed by atoms with van der Waals surface area (Å²) in [5.74, 6) is 1.31. The van der Waals surface area contributed by atoms with Crippen LogP contribution in [0.1, 0.15) is 12.0 Å². The molecule has 0 unspecified atom stereocenters. The van der Waals surface area contributed by atoms with E-state index in [1.165, 1.54) is 0 Å². The van der Waals surface area contributed by atoms with Gasteiger partial charge < -0.3 is 15.0 Å². The Balaban J connectivity index is 1.44. The molecule has 0 bridgehead atoms. The smallest absolute Gasteiger partial charge is 0.236 e. The van der Waals surface area contributed by atoms with Crippen molar-refractivity contribution in [2.24, 2.45) is 5.92 Å². The lowest BCUT2D eigenvalue weighted by molar-refractivity contribution is -0.136. The molecular formula is C17H23N5O2. The van der Waals surface area contributed by atoms with E-state index < -0.39 is 0 Å². The molecule has 3 heterocycles. The van der Waals surface area contributed by atoms with Crippen LogP contribution in [0.5, 0.6) is 0 Å². The molecule has 24 heavy (non-hydrogen) atoms. The third-order valence-electron chi connectivity index (χ3n) is 4.58. The molecule has 3 rings (SSSR count). The number of morpholine rings is 1. The second kappa shape index (κ2) is 8.08. The average molecular weight is 329 g/mol. The lowest BCUT2D eigenvalue weighted by Crippen LogP contribution is -2.45. The van der Waals surface area contributed by atoms with Crippen molar-refractivity contribution in [3.8, 4) is 6.07 Å². The molecule has 0 aliphatic carbocycles. The third kappa shape index (κ3) is 4.22. The van der Waals surface area contributed by atoms with E-state index in [0.717, 1.165) is 26.1 Å². The first kappa shape index (κ1) is 16.7. The molecule has 2 aliphatic heterocycles. The summed E-state index contributed by atoms with van der Waals surface area (Å²) in [6, 6.07) is 5.67. The van der Waals surface area contributed by atoms with Gasteiger partial charge in [-0.1, -0.05) is 0 Å². The van der Waals surface area contributed by atoms with Gasteiger partial charge in [-0.05, 0) is 31.0 Å². The molecule has 0 aromatic carbocycles. The predicted octanol–water partition coefficient (Wildman–Crippen LogP) is 0.546. The van der Waals surface area contributed by atoms with Gasteiger partial charge in [-0.15, -0.1) is 0 Å². The highest BCUT2D eigenvalue weighted by Gasteiger charge is 2.26. The van der Waals surface area contributed by atoms with Crippen molar-refractivity contribution in [1.82, 2.24) is 14.8 Å². The van der Waals surface area contributed by atoms with Crippen LogP contribution >= 0.6 is 0 Å². The highest BCUT2D eigenvalue weighted by atomic mass is 16.5. The Labute approximate surface area is 142 Å². The molecule has 2 fully saturated rings. The third-order valence-corrected chi connectivity index (χ3v) is 4.58. The summed E-state index contributed by atoms with van der Waals surface area (Å²) in [6.45, 7) is 5.79. The van der Waals surface area contributed by atoms with Crippen LogP contribution in [0.25, 0.3) is 0 Å². The maximum absolute atomic E-state index is 12.3. The van der Waals surface area contributed by atoms with E-state index in [1.54, 1.807) is 18.3 Å². The number of nitriles is 1. The van der Waals surface area contributed by atoms with Gasteiger partial charge in [0.05, 0.1) is 25.3 Å². The van der Waals surface area contributed by atoms with Crippen molar-refractivity contribution in [1.29, 1.82) is 5.26 Å². The van der Waals surface area contributed by atoms with Gasteiger partial charge in [-0.25, -0.2) is 4.98 Å². The molecule has 1 aromatic rings. The van der Waals surface area contributed by atoms with Crippen LogP contribution in [-0.4, -0.2) is 73.2 Å². The van der Waals surface area contributed by atoms with E-state index >= 15 is 0 Å². The number of ether oxygens (including phenoxy) is 1. The summed E-state index contributed by atoms with van der Waals surface area (Å²) in [7, 11) is 0. The lowest BCUT2D eigenvalue weighted by Gasteiger charge is -2.28. The molecule has 1 atom stereocenters. The molecule has 0 saturated carbocycles. The minimum absolute atomic E-state index is 0.198. The molecule has 1 aromatic heterocycles. The van der Waals surface area contributed by atoms with Crippen LogP contribution in [0.2, 0.25) is 0 Å². The summed E-state index contributed by atoms with van der Waals surface area (Å²) < 4.78 is 5.29. The fourth-order valence-corrected chi connectivity index (χ4v) is 3.20. The summed E-state index contributed by atoms with van der Waals surface area (Å²) >= 11 is 0. The van der Waals surface area contributed by atoms with E-state index in [0.29, 0.717) is 50.1 Å². The number of amides is 1. The van der Waals surface area contributed by atoms with Crippen LogP contribution in [0.4, 0.5) is 5.82 Å². The van der Waals surface area contributed by atoms with Gasteiger partial charge in [-0.3, -0.25) is 9.69 Å². The van der Waals surface area contributed by atoms with Gasteiger partial charge in [0, 0.05) is 32.4 Å². The monoisotopic (exact) mass is 329 g/mol. The summed E-state index contributed by atoms with van der Waals surface area (Å²) in [5.41, 5.74) is 0.565. The van der Waals surface area contributed by atoms with Crippen LogP contribution in [-0.2, 0) is 9.53 Å². The number of nitrogens with one attached hydrogen (secondary N) is 1. The van der Waals surface area contributed by atoms with Crippen LogP contribution in [0.15, 0.2) is 18.3 Å². The van der Waals surface area contributed by atoms with Crippen molar-refractivity contribution in [3.63, 3.8) is 0 Å². The Hall–Kier alpha value is -2.17. The van der Waals surface area contributed by atoms with Crippen molar-refractivity contribution < 1.29 is 9.53 Å². The van der Waals surface area contributed by atoms with Gasteiger partial charge in [0.2, 0.25) is 5.91 Å². The topological polar surface area (TPSA) is 81.5 Å². The molecule has 0 radical (unpaired) electrons. The Bertz CT molecular complexity index is 609. The van der Waals surface area contributed by atoms with E-state index in [2.05, 4.69) is 21.3 Å². The molecule has 128 valence electrons. The first-order valence-corrected chi connectivity index (χ1v) is 8.43. The van der Waals surface area contributed by atoms with Crippen molar-refractivity contribution >= 4 is 11.7 Å². The maximum Gasteiger partial charge on any atom is 0.236 e. The zero-order valence-corrected chi connectivity index (χ0v) is 13.8. The van der Waals surface area contributed by atoms with Gasteiger partial charge in [0.1, 0.15) is 11.9 Å². The van der Waals surface area contributed by atoms with E-state index in [4.69, 9.17) is 10.00 Å². The zero-order chi connectivity index (χ0) is 16.8. The number of rotatable bonds is 5. The highest BCUT2D eigenvalue weighted by Crippen LogP contribution is 2.18. The van der Waals surface area contributed by atoms with Gasteiger partial charge in [0.25, 0.3) is 0 Å². The Morgan fingerprint density at radius 3 is 3.04 bits per heavy atom. The Morgan fingerprint density at radius 1 is 1.42 bits per heavy atom. The Morgan fingerprint density at radius 2 is 2.25 bits per heavy atom. The maximum atomic E-state index is 12.3. The molecule has 7 nitrogen and oxygen atoms in total. The fourth-order valence-electron chi connectivity index (χ4n) is 3.20. The first-order valence-electron chi connectivity index (χ1n) is 8.43. The summed E-state index contributed by atoms with van der Waals surface area (Å²) in [6.07, 6.45) is 2.74. The van der Waals surface area contributed by atoms with Crippen molar-refractivity contribution in [3.05, 3.63) is 23.9 Å². The number of pyridine rings is 1. The Kier molecular flexibility index (Phi) is 5.62. The minimum atomic E-state index is 0.198. The summed E-state index contributed by atoms with van der Waals surface area (Å²) in [4.78, 5) is 20.6. The number of anilines is 1. The van der Waals surface area contributed by atoms with E-state index in [-0.39, 0.29) is 5.91 Å². The van der Waals surface area contributed by atoms with Crippen LogP contribution < -0.4 is 5.32 Å². The standard InChI is InChI=1S/C17H23N5O2/c18-10-15-2-1-4-19-17(15)20-11-14-3-5-21(12-14)13-16(23)22-6-8-24-9-7-22/h1-2,4,14H,3,5-9,11-13H2,(H,19,20)/t14-/m1/s1. The zero-order valence-electron chi connectivity index (χ0n) is 13.8. The number of likely N-dealkylation sites (tertiary alicyclic amines) is 1. The number of hydrogen-bond donors (Lipinski definition) is 1. The van der Waals surface area contributed by atoms with Gasteiger partial charge >= 0.3 is 0 Å². The van der Waals surface area contributed by atoms with Gasteiger partial charge in [-0.2, -0.15) is 5.26 Å². The second-order valence-electron chi connectivity index (χ2n) is 6.28. The molecule has 2 saturated heterocycles. The van der Waals surface area contributed by atoms with E-state index in [1.807, 2.05) is 4.90 Å². The average Bonchev–Trinajstić information content (AvgIpc) is 3.08. The van der Waals surface area contributed by atoms with E-state index in [9.17, 15) is 4.79 Å². The second-order valence-corrected chi connectivity index (χ2v) is 6.28. The molecular weight excluding hydrogens is 306 g/mol. The normalized spacial score (nSPS) is 21.5. The molecule has 1 N–H and O–H groups in total. The quantitative estimate of drug-likeness (QED) is 0.849. The molecule has 2 aliphatic rings. The first-order chi connectivity index (χ1) is 11.8. The fraction of sp³-hybridized carbons (Fsp3) is 0.588. The number of hydrogen-bond acceptors (Lipinski definition) is 6. The number of nitrogens with zero attached hydrogens (tertiary/aromatic N) is 4. The van der Waals surface area contributed by atoms with Crippen molar-refractivity contribution in [2.75, 3.05) is 57.8 Å². The molecule has 7 heteroatoms. The summed E-state index contributed by atoms with van der Waals surface area (Å²) in [5, 5.41) is 12.4. The number of aromatic nitrogens is 1. The van der Waals surface area contributed by atoms with Crippen molar-refractivity contribution in [2.45, 2.75) is 6.42 Å². The van der Waals surface area contributed by atoms with Gasteiger partial charge in [0.15, 0.2) is 0 Å².